The summed E-state index contributed by atoms with van der Waals surface area (Å²) in [5, 5.41) is 3.25. The third-order valence-electron chi connectivity index (χ3n) is 2.82. The first kappa shape index (κ1) is 6.59. The SMILES string of the molecule is FC[C@@H]1CNC[C@H]1C1CC1. The Hall–Kier alpha value is -0.110. The summed E-state index contributed by atoms with van der Waals surface area (Å²) in [6, 6.07) is 0. The van der Waals surface area contributed by atoms with Crippen LogP contribution in [0.4, 0.5) is 4.39 Å². The highest BCUT2D eigenvalue weighted by molar-refractivity contribution is 4.91. The molecule has 0 radical (unpaired) electrons. The summed E-state index contributed by atoms with van der Waals surface area (Å²) in [6.07, 6.45) is 2.70. The Morgan fingerprint density at radius 2 is 2.10 bits per heavy atom. The van der Waals surface area contributed by atoms with E-state index in [1.165, 1.54) is 12.8 Å². The number of alkyl halides is 1. The van der Waals surface area contributed by atoms with Crippen molar-refractivity contribution in [3.63, 3.8) is 0 Å². The minimum atomic E-state index is -0.117. The molecule has 0 spiro atoms. The molecule has 1 nitrogen and oxygen atoms in total. The zero-order valence-electron chi connectivity index (χ0n) is 6.15. The van der Waals surface area contributed by atoms with Crippen molar-refractivity contribution in [1.82, 2.24) is 5.32 Å². The molecular weight excluding hydrogens is 129 g/mol. The molecule has 10 heavy (non-hydrogen) atoms. The molecule has 2 aliphatic rings. The van der Waals surface area contributed by atoms with Crippen LogP contribution in [0, 0.1) is 17.8 Å². The van der Waals surface area contributed by atoms with Crippen LogP contribution >= 0.6 is 0 Å². The molecule has 58 valence electrons. The van der Waals surface area contributed by atoms with Gasteiger partial charge in [-0.2, -0.15) is 0 Å². The summed E-state index contributed by atoms with van der Waals surface area (Å²) < 4.78 is 12.3. The molecule has 2 heteroatoms. The smallest absolute Gasteiger partial charge is 0.0937 e. The van der Waals surface area contributed by atoms with Crippen LogP contribution in [0.25, 0.3) is 0 Å². The van der Waals surface area contributed by atoms with E-state index in [-0.39, 0.29) is 6.67 Å². The summed E-state index contributed by atoms with van der Waals surface area (Å²) in [7, 11) is 0. The van der Waals surface area contributed by atoms with Crippen molar-refractivity contribution in [2.24, 2.45) is 17.8 Å². The number of hydrogen-bond donors (Lipinski definition) is 1. The maximum atomic E-state index is 12.3. The molecule has 0 aromatic carbocycles. The topological polar surface area (TPSA) is 12.0 Å². The van der Waals surface area contributed by atoms with Crippen molar-refractivity contribution in [2.45, 2.75) is 12.8 Å². The van der Waals surface area contributed by atoms with Gasteiger partial charge in [-0.1, -0.05) is 0 Å². The van der Waals surface area contributed by atoms with Crippen molar-refractivity contribution in [3.05, 3.63) is 0 Å². The first-order chi connectivity index (χ1) is 4.92. The summed E-state index contributed by atoms with van der Waals surface area (Å²) in [6.45, 7) is 1.87. The molecule has 0 aromatic heterocycles. The van der Waals surface area contributed by atoms with Gasteiger partial charge in [0.2, 0.25) is 0 Å². The van der Waals surface area contributed by atoms with Crippen LogP contribution in [0.5, 0.6) is 0 Å². The fourth-order valence-corrected chi connectivity index (χ4v) is 2.00. The standard InChI is InChI=1S/C8H14FN/c9-3-7-4-10-5-8(7)6-1-2-6/h6-8,10H,1-5H2/t7-,8+/m1/s1. The molecule has 1 aliphatic heterocycles. The second-order valence-corrected chi connectivity index (χ2v) is 3.57. The van der Waals surface area contributed by atoms with Gasteiger partial charge in [0.1, 0.15) is 0 Å². The number of halogens is 1. The van der Waals surface area contributed by atoms with Crippen LogP contribution in [-0.2, 0) is 0 Å². The molecule has 0 amide bonds. The molecular formula is C8H14FN. The molecule has 1 aliphatic carbocycles. The van der Waals surface area contributed by atoms with Gasteiger partial charge in [0.05, 0.1) is 6.67 Å². The summed E-state index contributed by atoms with van der Waals surface area (Å²) >= 11 is 0. The molecule has 0 aromatic rings. The quantitative estimate of drug-likeness (QED) is 0.612. The summed E-state index contributed by atoms with van der Waals surface area (Å²) in [4.78, 5) is 0. The Balaban J connectivity index is 1.91. The molecule has 2 rings (SSSR count). The van der Waals surface area contributed by atoms with Gasteiger partial charge >= 0.3 is 0 Å². The van der Waals surface area contributed by atoms with Crippen LogP contribution in [0.2, 0.25) is 0 Å². The maximum absolute atomic E-state index is 12.3. The van der Waals surface area contributed by atoms with E-state index >= 15 is 0 Å². The van der Waals surface area contributed by atoms with Gasteiger partial charge in [0.25, 0.3) is 0 Å². The second kappa shape index (κ2) is 2.50. The lowest BCUT2D eigenvalue weighted by Crippen LogP contribution is -2.15. The molecule has 1 N–H and O–H groups in total. The molecule has 2 fully saturated rings. The van der Waals surface area contributed by atoms with E-state index in [1.54, 1.807) is 0 Å². The normalized spacial score (nSPS) is 40.5. The Morgan fingerprint density at radius 1 is 1.30 bits per heavy atom. The molecule has 2 atom stereocenters. The predicted molar refractivity (Wildman–Crippen MR) is 38.5 cm³/mol. The van der Waals surface area contributed by atoms with E-state index in [0.717, 1.165) is 19.0 Å². The minimum Gasteiger partial charge on any atom is -0.316 e. The molecule has 1 saturated heterocycles. The predicted octanol–water partition coefficient (Wildman–Crippen LogP) is 1.20. The van der Waals surface area contributed by atoms with Gasteiger partial charge in [0.15, 0.2) is 0 Å². The van der Waals surface area contributed by atoms with Crippen molar-refractivity contribution in [3.8, 4) is 0 Å². The highest BCUT2D eigenvalue weighted by Gasteiger charge is 2.38. The van der Waals surface area contributed by atoms with Gasteiger partial charge in [-0.15, -0.1) is 0 Å². The number of nitrogens with one attached hydrogen (secondary N) is 1. The fraction of sp³-hybridized carbons (Fsp3) is 1.00. The Kier molecular flexibility index (Phi) is 1.65. The maximum Gasteiger partial charge on any atom is 0.0937 e. The summed E-state index contributed by atoms with van der Waals surface area (Å²) in [5.41, 5.74) is 0. The highest BCUT2D eigenvalue weighted by Crippen LogP contribution is 2.41. The summed E-state index contributed by atoms with van der Waals surface area (Å²) in [5.74, 6) is 1.88. The van der Waals surface area contributed by atoms with Crippen molar-refractivity contribution in [2.75, 3.05) is 19.8 Å². The first-order valence-corrected chi connectivity index (χ1v) is 4.18. The van der Waals surface area contributed by atoms with Crippen molar-refractivity contribution < 1.29 is 4.39 Å². The molecule has 1 saturated carbocycles. The lowest BCUT2D eigenvalue weighted by atomic mass is 9.93. The van der Waals surface area contributed by atoms with Gasteiger partial charge in [-0.25, -0.2) is 0 Å². The van der Waals surface area contributed by atoms with Crippen LogP contribution in [0.15, 0.2) is 0 Å². The van der Waals surface area contributed by atoms with E-state index in [9.17, 15) is 4.39 Å². The highest BCUT2D eigenvalue weighted by atomic mass is 19.1. The first-order valence-electron chi connectivity index (χ1n) is 4.18. The van der Waals surface area contributed by atoms with Gasteiger partial charge in [-0.3, -0.25) is 4.39 Å². The van der Waals surface area contributed by atoms with Crippen molar-refractivity contribution >= 4 is 0 Å². The van der Waals surface area contributed by atoms with E-state index in [4.69, 9.17) is 0 Å². The number of hydrogen-bond acceptors (Lipinski definition) is 1. The largest absolute Gasteiger partial charge is 0.316 e. The van der Waals surface area contributed by atoms with Gasteiger partial charge in [0, 0.05) is 12.5 Å². The second-order valence-electron chi connectivity index (χ2n) is 3.57. The molecule has 0 bridgehead atoms. The van der Waals surface area contributed by atoms with Crippen LogP contribution in [0.1, 0.15) is 12.8 Å². The average Bonchev–Trinajstić information content (AvgIpc) is 2.69. The van der Waals surface area contributed by atoms with E-state index in [2.05, 4.69) is 5.32 Å². The Bertz CT molecular complexity index is 122. The monoisotopic (exact) mass is 143 g/mol. The van der Waals surface area contributed by atoms with Gasteiger partial charge in [-0.05, 0) is 31.2 Å². The Morgan fingerprint density at radius 3 is 2.70 bits per heavy atom. The number of rotatable bonds is 2. The van der Waals surface area contributed by atoms with E-state index in [1.807, 2.05) is 0 Å². The zero-order chi connectivity index (χ0) is 6.97. The zero-order valence-corrected chi connectivity index (χ0v) is 6.15. The third kappa shape index (κ3) is 1.05. The lowest BCUT2D eigenvalue weighted by Gasteiger charge is -2.12. The van der Waals surface area contributed by atoms with Crippen LogP contribution in [0.3, 0.4) is 0 Å². The van der Waals surface area contributed by atoms with E-state index in [0.29, 0.717) is 11.8 Å². The average molecular weight is 143 g/mol. The lowest BCUT2D eigenvalue weighted by molar-refractivity contribution is 0.292. The van der Waals surface area contributed by atoms with E-state index < -0.39 is 0 Å². The van der Waals surface area contributed by atoms with Crippen LogP contribution < -0.4 is 5.32 Å². The van der Waals surface area contributed by atoms with Crippen molar-refractivity contribution in [1.29, 1.82) is 0 Å². The molecule has 0 unspecified atom stereocenters. The van der Waals surface area contributed by atoms with Crippen LogP contribution in [-0.4, -0.2) is 19.8 Å². The van der Waals surface area contributed by atoms with Gasteiger partial charge < -0.3 is 5.32 Å². The third-order valence-corrected chi connectivity index (χ3v) is 2.82. The minimum absolute atomic E-state index is 0.117. The molecule has 1 heterocycles. The fourth-order valence-electron chi connectivity index (χ4n) is 2.00. The Labute approximate surface area is 61.0 Å².